The van der Waals surface area contributed by atoms with E-state index < -0.39 is 0 Å². The minimum absolute atomic E-state index is 0.344. The average molecular weight is 408 g/mol. The molecule has 8 nitrogen and oxygen atoms in total. The van der Waals surface area contributed by atoms with Crippen molar-refractivity contribution in [3.8, 4) is 11.5 Å². The number of nitrogens with one attached hydrogen (secondary N) is 2. The number of guanidine groups is 1. The number of nitrogens with zero attached hydrogens (tertiary/aromatic N) is 3. The zero-order valence-corrected chi connectivity index (χ0v) is 18.5. The van der Waals surface area contributed by atoms with Crippen LogP contribution in [0.5, 0.6) is 11.5 Å². The zero-order chi connectivity index (χ0) is 21.1. The van der Waals surface area contributed by atoms with Crippen LogP contribution in [0.2, 0.25) is 0 Å². The van der Waals surface area contributed by atoms with Crippen LogP contribution in [0, 0.1) is 0 Å². The maximum atomic E-state index is 5.41. The molecule has 0 aromatic heterocycles. The molecule has 1 aromatic rings. The maximum absolute atomic E-state index is 5.41. The van der Waals surface area contributed by atoms with E-state index in [4.69, 9.17) is 19.2 Å². The van der Waals surface area contributed by atoms with Crippen molar-refractivity contribution in [2.75, 3.05) is 79.2 Å². The first-order chi connectivity index (χ1) is 14.1. The molecule has 1 aromatic carbocycles. The summed E-state index contributed by atoms with van der Waals surface area (Å²) >= 11 is 0. The van der Waals surface area contributed by atoms with E-state index in [1.807, 2.05) is 6.07 Å². The van der Waals surface area contributed by atoms with Crippen LogP contribution >= 0.6 is 0 Å². The predicted molar refractivity (Wildman–Crippen MR) is 119 cm³/mol. The fraction of sp³-hybridized carbons (Fsp3) is 0.667. The first-order valence-corrected chi connectivity index (χ1v) is 10.3. The van der Waals surface area contributed by atoms with Gasteiger partial charge in [-0.2, -0.15) is 0 Å². The molecule has 1 fully saturated rings. The van der Waals surface area contributed by atoms with Crippen LogP contribution in [0.3, 0.4) is 0 Å². The molecule has 1 aliphatic rings. The van der Waals surface area contributed by atoms with Crippen LogP contribution in [-0.4, -0.2) is 91.2 Å². The van der Waals surface area contributed by atoms with Gasteiger partial charge in [-0.05, 0) is 20.4 Å². The Hall–Kier alpha value is -2.19. The molecule has 0 radical (unpaired) electrons. The van der Waals surface area contributed by atoms with Gasteiger partial charge in [-0.3, -0.25) is 4.99 Å². The molecule has 2 N–H and O–H groups in total. The summed E-state index contributed by atoms with van der Waals surface area (Å²) in [6, 6.07) is 6.35. The van der Waals surface area contributed by atoms with Gasteiger partial charge in [-0.1, -0.05) is 0 Å². The van der Waals surface area contributed by atoms with Crippen LogP contribution in [0.4, 0.5) is 5.69 Å². The average Bonchev–Trinajstić information content (AvgIpc) is 3.20. The van der Waals surface area contributed by atoms with E-state index in [0.29, 0.717) is 6.04 Å². The van der Waals surface area contributed by atoms with Gasteiger partial charge in [-0.15, -0.1) is 0 Å². The number of methoxy groups -OCH3 is 3. The summed E-state index contributed by atoms with van der Waals surface area (Å²) in [5.74, 6) is 2.49. The standard InChI is InChI=1S/C21H37N5O3/c1-6-22-21(23-8-10-25(2)11-12-27-3)24-17-7-9-26(16-17)18-13-19(28-4)15-20(14-18)29-5/h13-15,17H,6-12,16H2,1-5H3,(H2,22,23,24). The quantitative estimate of drug-likeness (QED) is 0.425. The number of benzene rings is 1. The van der Waals surface area contributed by atoms with Crippen LogP contribution in [0.1, 0.15) is 13.3 Å². The van der Waals surface area contributed by atoms with Crippen molar-refractivity contribution in [3.63, 3.8) is 0 Å². The molecule has 164 valence electrons. The Morgan fingerprint density at radius 2 is 1.90 bits per heavy atom. The van der Waals surface area contributed by atoms with Gasteiger partial charge in [-0.25, -0.2) is 0 Å². The van der Waals surface area contributed by atoms with Crippen LogP contribution in [0.15, 0.2) is 23.2 Å². The van der Waals surface area contributed by atoms with Crippen molar-refractivity contribution < 1.29 is 14.2 Å². The first-order valence-electron chi connectivity index (χ1n) is 10.3. The third kappa shape index (κ3) is 7.62. The minimum atomic E-state index is 0.344. The molecule has 8 heteroatoms. The summed E-state index contributed by atoms with van der Waals surface area (Å²) in [5, 5.41) is 6.94. The molecular formula is C21H37N5O3. The Morgan fingerprint density at radius 1 is 1.17 bits per heavy atom. The highest BCUT2D eigenvalue weighted by Crippen LogP contribution is 2.30. The van der Waals surface area contributed by atoms with Crippen molar-refractivity contribution in [2.24, 2.45) is 4.99 Å². The van der Waals surface area contributed by atoms with Gasteiger partial charge in [0.05, 0.1) is 27.4 Å². The van der Waals surface area contributed by atoms with Gasteiger partial charge < -0.3 is 34.6 Å². The molecular weight excluding hydrogens is 370 g/mol. The summed E-state index contributed by atoms with van der Waals surface area (Å²) in [5.41, 5.74) is 1.12. The van der Waals surface area contributed by atoms with Crippen molar-refractivity contribution in [1.82, 2.24) is 15.5 Å². The summed E-state index contributed by atoms with van der Waals surface area (Å²) < 4.78 is 15.9. The molecule has 0 saturated carbocycles. The highest BCUT2D eigenvalue weighted by Gasteiger charge is 2.24. The Morgan fingerprint density at radius 3 is 2.52 bits per heavy atom. The van der Waals surface area contributed by atoms with Crippen molar-refractivity contribution in [1.29, 1.82) is 0 Å². The van der Waals surface area contributed by atoms with E-state index in [1.165, 1.54) is 0 Å². The van der Waals surface area contributed by atoms with Gasteiger partial charge >= 0.3 is 0 Å². The Kier molecular flexibility index (Phi) is 9.87. The van der Waals surface area contributed by atoms with Crippen molar-refractivity contribution in [3.05, 3.63) is 18.2 Å². The molecule has 0 bridgehead atoms. The normalized spacial score (nSPS) is 17.0. The first kappa shape index (κ1) is 23.1. The molecule has 1 aliphatic heterocycles. The smallest absolute Gasteiger partial charge is 0.191 e. The highest BCUT2D eigenvalue weighted by atomic mass is 16.5. The largest absolute Gasteiger partial charge is 0.497 e. The highest BCUT2D eigenvalue weighted by molar-refractivity contribution is 5.80. The van der Waals surface area contributed by atoms with Crippen molar-refractivity contribution in [2.45, 2.75) is 19.4 Å². The number of hydrogen-bond acceptors (Lipinski definition) is 6. The molecule has 2 rings (SSSR count). The van der Waals surface area contributed by atoms with Crippen LogP contribution in [-0.2, 0) is 4.74 Å². The lowest BCUT2D eigenvalue weighted by molar-refractivity contribution is 0.163. The predicted octanol–water partition coefficient (Wildman–Crippen LogP) is 1.42. The third-order valence-corrected chi connectivity index (χ3v) is 5.00. The third-order valence-electron chi connectivity index (χ3n) is 5.00. The molecule has 0 spiro atoms. The lowest BCUT2D eigenvalue weighted by Gasteiger charge is -2.21. The summed E-state index contributed by atoms with van der Waals surface area (Å²) in [6.07, 6.45) is 1.05. The van der Waals surface area contributed by atoms with Gasteiger partial charge in [0.25, 0.3) is 0 Å². The fourth-order valence-electron chi connectivity index (χ4n) is 3.29. The SMILES string of the molecule is CCNC(=NCCN(C)CCOC)NC1CCN(c2cc(OC)cc(OC)c2)C1. The fourth-order valence-corrected chi connectivity index (χ4v) is 3.29. The maximum Gasteiger partial charge on any atom is 0.191 e. The number of rotatable bonds is 11. The summed E-state index contributed by atoms with van der Waals surface area (Å²) in [7, 11) is 7.18. The number of aliphatic imine (C=N–C) groups is 1. The second-order valence-electron chi connectivity index (χ2n) is 7.20. The van der Waals surface area contributed by atoms with Gasteiger partial charge in [0.2, 0.25) is 0 Å². The van der Waals surface area contributed by atoms with Gasteiger partial charge in [0.1, 0.15) is 11.5 Å². The Labute approximate surface area is 175 Å². The number of hydrogen-bond donors (Lipinski definition) is 2. The molecule has 0 amide bonds. The monoisotopic (exact) mass is 407 g/mol. The van der Waals surface area contributed by atoms with E-state index in [0.717, 1.165) is 75.4 Å². The summed E-state index contributed by atoms with van der Waals surface area (Å²) in [6.45, 7) is 8.13. The van der Waals surface area contributed by atoms with Gasteiger partial charge in [0.15, 0.2) is 5.96 Å². The molecule has 1 saturated heterocycles. The topological polar surface area (TPSA) is 70.6 Å². The minimum Gasteiger partial charge on any atom is -0.497 e. The molecule has 0 aliphatic carbocycles. The van der Waals surface area contributed by atoms with E-state index in [-0.39, 0.29) is 0 Å². The molecule has 29 heavy (non-hydrogen) atoms. The van der Waals surface area contributed by atoms with E-state index >= 15 is 0 Å². The Balaban J connectivity index is 1.91. The van der Waals surface area contributed by atoms with Crippen molar-refractivity contribution >= 4 is 11.6 Å². The van der Waals surface area contributed by atoms with E-state index in [2.05, 4.69) is 46.5 Å². The Bertz CT molecular complexity index is 618. The number of anilines is 1. The molecule has 1 heterocycles. The van der Waals surface area contributed by atoms with E-state index in [9.17, 15) is 0 Å². The summed E-state index contributed by atoms with van der Waals surface area (Å²) in [4.78, 5) is 9.31. The lowest BCUT2D eigenvalue weighted by Crippen LogP contribution is -2.45. The number of ether oxygens (including phenoxy) is 3. The number of likely N-dealkylation sites (N-methyl/N-ethyl adjacent to an activating group) is 1. The van der Waals surface area contributed by atoms with Crippen LogP contribution < -0.4 is 25.0 Å². The second kappa shape index (κ2) is 12.4. The van der Waals surface area contributed by atoms with E-state index in [1.54, 1.807) is 21.3 Å². The molecule has 1 unspecified atom stereocenters. The zero-order valence-electron chi connectivity index (χ0n) is 18.5. The second-order valence-corrected chi connectivity index (χ2v) is 7.20. The lowest BCUT2D eigenvalue weighted by atomic mass is 10.2. The molecule has 1 atom stereocenters. The van der Waals surface area contributed by atoms with Crippen LogP contribution in [0.25, 0.3) is 0 Å². The van der Waals surface area contributed by atoms with Gasteiger partial charge in [0, 0.05) is 69.8 Å².